The highest BCUT2D eigenvalue weighted by Gasteiger charge is 2.20. The van der Waals surface area contributed by atoms with Crippen LogP contribution in [-0.2, 0) is 0 Å². The molecule has 1 aromatic rings. The molecule has 0 aliphatic carbocycles. The highest BCUT2D eigenvalue weighted by Crippen LogP contribution is 2.24. The van der Waals surface area contributed by atoms with Gasteiger partial charge in [0.05, 0.1) is 6.10 Å². The summed E-state index contributed by atoms with van der Waals surface area (Å²) in [6.45, 7) is 10.8. The molecule has 2 rings (SSSR count). The summed E-state index contributed by atoms with van der Waals surface area (Å²) in [6.07, 6.45) is 1.44. The van der Waals surface area contributed by atoms with Gasteiger partial charge in [0.15, 0.2) is 0 Å². The van der Waals surface area contributed by atoms with Gasteiger partial charge in [0.1, 0.15) is 5.75 Å². The van der Waals surface area contributed by atoms with Crippen LogP contribution >= 0.6 is 0 Å². The van der Waals surface area contributed by atoms with Crippen molar-refractivity contribution in [2.24, 2.45) is 5.92 Å². The maximum absolute atomic E-state index is 5.93. The maximum Gasteiger partial charge on any atom is 0.123 e. The quantitative estimate of drug-likeness (QED) is 0.785. The molecule has 1 aliphatic heterocycles. The lowest BCUT2D eigenvalue weighted by atomic mass is 10.1. The predicted molar refractivity (Wildman–Crippen MR) is 85.3 cm³/mol. The average Bonchev–Trinajstić information content (AvgIpc) is 2.83. The Hall–Kier alpha value is -1.42. The third kappa shape index (κ3) is 4.30. The molecule has 1 atom stereocenters. The van der Waals surface area contributed by atoms with Crippen LogP contribution in [0.15, 0.2) is 18.2 Å². The van der Waals surface area contributed by atoms with E-state index in [1.54, 1.807) is 0 Å². The van der Waals surface area contributed by atoms with E-state index in [-0.39, 0.29) is 6.10 Å². The summed E-state index contributed by atoms with van der Waals surface area (Å²) >= 11 is 0. The van der Waals surface area contributed by atoms with E-state index in [0.717, 1.165) is 36.1 Å². The predicted octanol–water partition coefficient (Wildman–Crippen LogP) is 2.81. The van der Waals surface area contributed by atoms with Gasteiger partial charge in [-0.1, -0.05) is 6.92 Å². The molecule has 0 aromatic heterocycles. The number of likely N-dealkylation sites (tertiary alicyclic amines) is 1. The Balaban J connectivity index is 1.90. The Morgan fingerprint density at radius 2 is 2.20 bits per heavy atom. The van der Waals surface area contributed by atoms with Crippen LogP contribution in [0.5, 0.6) is 5.75 Å². The van der Waals surface area contributed by atoms with Crippen LogP contribution in [0.3, 0.4) is 0 Å². The summed E-state index contributed by atoms with van der Waals surface area (Å²) < 4.78 is 5.71. The van der Waals surface area contributed by atoms with Crippen LogP contribution in [0, 0.1) is 5.92 Å². The van der Waals surface area contributed by atoms with Crippen LogP contribution in [0.4, 0.5) is 11.4 Å². The smallest absolute Gasteiger partial charge is 0.123 e. The lowest BCUT2D eigenvalue weighted by Gasteiger charge is -2.16. The van der Waals surface area contributed by atoms with E-state index in [9.17, 15) is 0 Å². The van der Waals surface area contributed by atoms with Crippen LogP contribution in [0.1, 0.15) is 27.2 Å². The summed E-state index contributed by atoms with van der Waals surface area (Å²) in [5, 5.41) is 3.50. The largest absolute Gasteiger partial charge is 0.491 e. The molecule has 20 heavy (non-hydrogen) atoms. The van der Waals surface area contributed by atoms with Gasteiger partial charge in [0.25, 0.3) is 0 Å². The molecule has 4 heteroatoms. The van der Waals surface area contributed by atoms with E-state index in [4.69, 9.17) is 10.5 Å². The molecule has 0 bridgehead atoms. The zero-order valence-corrected chi connectivity index (χ0v) is 12.9. The number of nitrogens with two attached hydrogens (primary N) is 1. The third-order valence-electron chi connectivity index (χ3n) is 3.71. The second kappa shape index (κ2) is 6.84. The molecule has 1 unspecified atom stereocenters. The van der Waals surface area contributed by atoms with Crippen molar-refractivity contribution in [2.45, 2.75) is 33.3 Å². The van der Waals surface area contributed by atoms with Gasteiger partial charge in [-0.15, -0.1) is 0 Å². The molecule has 0 saturated carbocycles. The standard InChI is InChI=1S/C16H27N3O/c1-4-19-6-5-13(11-19)10-18-15-7-14(17)8-16(9-15)20-12(2)3/h7-9,12-13,18H,4-6,10-11,17H2,1-3H3. The summed E-state index contributed by atoms with van der Waals surface area (Å²) in [5.41, 5.74) is 7.73. The second-order valence-corrected chi connectivity index (χ2v) is 5.89. The second-order valence-electron chi connectivity index (χ2n) is 5.89. The summed E-state index contributed by atoms with van der Waals surface area (Å²) in [5.74, 6) is 1.56. The molecule has 0 amide bonds. The van der Waals surface area contributed by atoms with E-state index < -0.39 is 0 Å². The molecule has 1 aromatic carbocycles. The first-order valence-electron chi connectivity index (χ1n) is 7.60. The fourth-order valence-corrected chi connectivity index (χ4v) is 2.69. The number of nitrogens with zero attached hydrogens (tertiary/aromatic N) is 1. The van der Waals surface area contributed by atoms with E-state index in [1.165, 1.54) is 19.5 Å². The summed E-state index contributed by atoms with van der Waals surface area (Å²) in [6, 6.07) is 5.88. The topological polar surface area (TPSA) is 50.5 Å². The molecule has 1 saturated heterocycles. The van der Waals surface area contributed by atoms with Crippen molar-refractivity contribution in [1.29, 1.82) is 0 Å². The highest BCUT2D eigenvalue weighted by atomic mass is 16.5. The van der Waals surface area contributed by atoms with Gasteiger partial charge >= 0.3 is 0 Å². The van der Waals surface area contributed by atoms with Crippen molar-refractivity contribution >= 4 is 11.4 Å². The van der Waals surface area contributed by atoms with Crippen LogP contribution in [0.25, 0.3) is 0 Å². The number of nitrogen functional groups attached to an aromatic ring is 1. The molecule has 1 fully saturated rings. The Morgan fingerprint density at radius 3 is 2.85 bits per heavy atom. The van der Waals surface area contributed by atoms with E-state index in [1.807, 2.05) is 32.0 Å². The summed E-state index contributed by atoms with van der Waals surface area (Å²) in [7, 11) is 0. The van der Waals surface area contributed by atoms with Crippen LogP contribution in [0.2, 0.25) is 0 Å². The van der Waals surface area contributed by atoms with Crippen molar-refractivity contribution in [3.8, 4) is 5.75 Å². The number of ether oxygens (including phenoxy) is 1. The number of nitrogens with one attached hydrogen (secondary N) is 1. The van der Waals surface area contributed by atoms with Crippen molar-refractivity contribution < 1.29 is 4.74 Å². The SMILES string of the molecule is CCN1CCC(CNc2cc(N)cc(OC(C)C)c2)C1. The minimum Gasteiger partial charge on any atom is -0.491 e. The molecule has 112 valence electrons. The average molecular weight is 277 g/mol. The van der Waals surface area contributed by atoms with Gasteiger partial charge in [-0.2, -0.15) is 0 Å². The van der Waals surface area contributed by atoms with Crippen molar-refractivity contribution in [2.75, 3.05) is 37.2 Å². The van der Waals surface area contributed by atoms with E-state index in [0.29, 0.717) is 0 Å². The summed E-state index contributed by atoms with van der Waals surface area (Å²) in [4.78, 5) is 2.50. The molecule has 1 aliphatic rings. The van der Waals surface area contributed by atoms with Gasteiger partial charge < -0.3 is 20.7 Å². The minimum atomic E-state index is 0.164. The Kier molecular flexibility index (Phi) is 5.12. The van der Waals surface area contributed by atoms with Gasteiger partial charge in [-0.05, 0) is 45.3 Å². The zero-order valence-electron chi connectivity index (χ0n) is 12.9. The van der Waals surface area contributed by atoms with E-state index >= 15 is 0 Å². The maximum atomic E-state index is 5.93. The van der Waals surface area contributed by atoms with Crippen LogP contribution < -0.4 is 15.8 Å². The first-order valence-corrected chi connectivity index (χ1v) is 7.60. The first-order chi connectivity index (χ1) is 9.56. The van der Waals surface area contributed by atoms with Gasteiger partial charge in [0, 0.05) is 36.6 Å². The number of benzene rings is 1. The van der Waals surface area contributed by atoms with Gasteiger partial charge in [-0.25, -0.2) is 0 Å². The zero-order chi connectivity index (χ0) is 14.5. The van der Waals surface area contributed by atoms with Crippen molar-refractivity contribution in [3.63, 3.8) is 0 Å². The molecule has 1 heterocycles. The monoisotopic (exact) mass is 277 g/mol. The molecule has 0 radical (unpaired) electrons. The fourth-order valence-electron chi connectivity index (χ4n) is 2.69. The van der Waals surface area contributed by atoms with Crippen LogP contribution in [-0.4, -0.2) is 37.2 Å². The van der Waals surface area contributed by atoms with E-state index in [2.05, 4.69) is 17.1 Å². The van der Waals surface area contributed by atoms with Crippen molar-refractivity contribution in [3.05, 3.63) is 18.2 Å². The normalized spacial score (nSPS) is 19.5. The lowest BCUT2D eigenvalue weighted by molar-refractivity contribution is 0.242. The fraction of sp³-hybridized carbons (Fsp3) is 0.625. The number of rotatable bonds is 6. The Labute approximate surface area is 122 Å². The molecular formula is C16H27N3O. The highest BCUT2D eigenvalue weighted by molar-refractivity contribution is 5.59. The molecule has 0 spiro atoms. The Morgan fingerprint density at radius 1 is 1.40 bits per heavy atom. The first kappa shape index (κ1) is 15.0. The lowest BCUT2D eigenvalue weighted by Crippen LogP contribution is -2.22. The van der Waals surface area contributed by atoms with Gasteiger partial charge in [-0.3, -0.25) is 0 Å². The third-order valence-corrected chi connectivity index (χ3v) is 3.71. The Bertz CT molecular complexity index is 434. The van der Waals surface area contributed by atoms with Gasteiger partial charge in [0.2, 0.25) is 0 Å². The molecular weight excluding hydrogens is 250 g/mol. The minimum absolute atomic E-state index is 0.164. The molecule has 4 nitrogen and oxygen atoms in total. The molecule has 3 N–H and O–H groups in total. The number of hydrogen-bond donors (Lipinski definition) is 2. The van der Waals surface area contributed by atoms with Crippen molar-refractivity contribution in [1.82, 2.24) is 4.90 Å². The number of hydrogen-bond acceptors (Lipinski definition) is 4. The number of anilines is 2.